The highest BCUT2D eigenvalue weighted by Crippen LogP contribution is 2.35. The van der Waals surface area contributed by atoms with Crippen LogP contribution >= 0.6 is 0 Å². The summed E-state index contributed by atoms with van der Waals surface area (Å²) < 4.78 is 5.98. The average Bonchev–Trinajstić information content (AvgIpc) is 2.48. The smallest absolute Gasteiger partial charge is 0.123 e. The van der Waals surface area contributed by atoms with Crippen LogP contribution in [0, 0.1) is 0 Å². The van der Waals surface area contributed by atoms with E-state index in [1.54, 1.807) is 0 Å². The Bertz CT molecular complexity index is 534. The summed E-state index contributed by atoms with van der Waals surface area (Å²) in [5, 5.41) is 0. The first-order valence-electron chi connectivity index (χ1n) is 6.64. The van der Waals surface area contributed by atoms with Crippen molar-refractivity contribution in [1.82, 2.24) is 0 Å². The molecule has 3 rings (SSSR count). The summed E-state index contributed by atoms with van der Waals surface area (Å²) in [7, 11) is 0. The largest absolute Gasteiger partial charge is 0.489 e. The van der Waals surface area contributed by atoms with E-state index in [9.17, 15) is 0 Å². The summed E-state index contributed by atoms with van der Waals surface area (Å²) in [6.45, 7) is 2.94. The number of hydrogen-bond donors (Lipinski definition) is 0. The van der Waals surface area contributed by atoms with Gasteiger partial charge in [-0.15, -0.1) is 0 Å². The predicted octanol–water partition coefficient (Wildman–Crippen LogP) is 4.48. The molecular weight excluding hydrogens is 220 g/mol. The molecule has 0 amide bonds. The lowest BCUT2D eigenvalue weighted by atomic mass is 9.88. The molecule has 0 N–H and O–H groups in total. The zero-order chi connectivity index (χ0) is 12.4. The van der Waals surface area contributed by atoms with Crippen molar-refractivity contribution >= 4 is 0 Å². The van der Waals surface area contributed by atoms with Crippen LogP contribution in [0.5, 0.6) is 0 Å². The lowest BCUT2D eigenvalue weighted by Crippen LogP contribution is -1.99. The highest BCUT2D eigenvalue weighted by molar-refractivity contribution is 5.44. The van der Waals surface area contributed by atoms with E-state index in [1.165, 1.54) is 16.7 Å². The van der Waals surface area contributed by atoms with Crippen molar-refractivity contribution < 1.29 is 4.74 Å². The van der Waals surface area contributed by atoms with Gasteiger partial charge in [-0.2, -0.15) is 0 Å². The second-order valence-electron chi connectivity index (χ2n) is 4.91. The fourth-order valence-electron chi connectivity index (χ4n) is 2.67. The quantitative estimate of drug-likeness (QED) is 0.647. The van der Waals surface area contributed by atoms with Gasteiger partial charge in [0.15, 0.2) is 0 Å². The van der Waals surface area contributed by atoms with Crippen molar-refractivity contribution in [2.45, 2.75) is 32.3 Å². The second kappa shape index (κ2) is 4.85. The van der Waals surface area contributed by atoms with Gasteiger partial charge in [0.25, 0.3) is 0 Å². The maximum Gasteiger partial charge on any atom is 0.123 e. The van der Waals surface area contributed by atoms with E-state index in [0.29, 0.717) is 12.5 Å². The number of hydrogen-bond acceptors (Lipinski definition) is 1. The van der Waals surface area contributed by atoms with Gasteiger partial charge in [0.05, 0.1) is 0 Å². The first-order valence-corrected chi connectivity index (χ1v) is 6.64. The molecule has 1 aromatic carbocycles. The maximum atomic E-state index is 5.98. The van der Waals surface area contributed by atoms with Gasteiger partial charge in [0.2, 0.25) is 0 Å². The molecule has 1 aromatic rings. The maximum absolute atomic E-state index is 5.98. The first kappa shape index (κ1) is 11.3. The van der Waals surface area contributed by atoms with E-state index < -0.39 is 0 Å². The topological polar surface area (TPSA) is 9.23 Å². The fourth-order valence-corrected chi connectivity index (χ4v) is 2.67. The summed E-state index contributed by atoms with van der Waals surface area (Å²) in [6.07, 6.45) is 11.1. The summed E-state index contributed by atoms with van der Waals surface area (Å²) in [5.74, 6) is 1.44. The molecule has 0 spiro atoms. The van der Waals surface area contributed by atoms with Crippen LogP contribution in [0.2, 0.25) is 0 Å². The minimum atomic E-state index is 0.401. The number of allylic oxidation sites excluding steroid dienone is 5. The molecule has 1 atom stereocenters. The molecule has 1 heterocycles. The molecule has 0 saturated heterocycles. The molecule has 2 aliphatic rings. The Morgan fingerprint density at radius 2 is 1.83 bits per heavy atom. The monoisotopic (exact) mass is 238 g/mol. The van der Waals surface area contributed by atoms with Crippen LogP contribution in [0.4, 0.5) is 0 Å². The standard InChI is InChI=1S/C17H18O/c1-13-15-9-7-6-8-14(15)12-18-17-11-5-3-2-4-10-16(13)17/h4-11,13H,2-3,12H2,1H3/b10-4?,11-5-. The molecule has 1 aliphatic carbocycles. The number of ether oxygens (including phenoxy) is 1. The number of rotatable bonds is 0. The molecule has 0 radical (unpaired) electrons. The van der Waals surface area contributed by atoms with Crippen LogP contribution in [0.15, 0.2) is 59.9 Å². The fraction of sp³-hybridized carbons (Fsp3) is 0.294. The first-order chi connectivity index (χ1) is 8.86. The van der Waals surface area contributed by atoms with E-state index in [-0.39, 0.29) is 0 Å². The highest BCUT2D eigenvalue weighted by atomic mass is 16.5. The van der Waals surface area contributed by atoms with Crippen molar-refractivity contribution in [3.8, 4) is 0 Å². The minimum absolute atomic E-state index is 0.401. The summed E-state index contributed by atoms with van der Waals surface area (Å²) >= 11 is 0. The van der Waals surface area contributed by atoms with Gasteiger partial charge in [0.1, 0.15) is 12.4 Å². The normalized spacial score (nSPS) is 24.2. The molecule has 1 aliphatic heterocycles. The van der Waals surface area contributed by atoms with E-state index in [0.717, 1.165) is 18.6 Å². The molecular formula is C17H18O. The van der Waals surface area contributed by atoms with Crippen LogP contribution in [0.3, 0.4) is 0 Å². The van der Waals surface area contributed by atoms with Crippen molar-refractivity contribution in [2.24, 2.45) is 0 Å². The average molecular weight is 238 g/mol. The Morgan fingerprint density at radius 3 is 2.72 bits per heavy atom. The Hall–Kier alpha value is -1.76. The Labute approximate surface area is 108 Å². The van der Waals surface area contributed by atoms with Crippen LogP contribution in [-0.4, -0.2) is 0 Å². The number of benzene rings is 1. The van der Waals surface area contributed by atoms with E-state index in [1.807, 2.05) is 0 Å². The third-order valence-electron chi connectivity index (χ3n) is 3.72. The molecule has 1 nitrogen and oxygen atoms in total. The summed E-state index contributed by atoms with van der Waals surface area (Å²) in [4.78, 5) is 0. The van der Waals surface area contributed by atoms with Gasteiger partial charge in [-0.1, -0.05) is 49.4 Å². The van der Waals surface area contributed by atoms with Crippen LogP contribution in [0.1, 0.15) is 36.8 Å². The van der Waals surface area contributed by atoms with Gasteiger partial charge >= 0.3 is 0 Å². The van der Waals surface area contributed by atoms with E-state index in [4.69, 9.17) is 4.74 Å². The molecule has 0 fully saturated rings. The zero-order valence-corrected chi connectivity index (χ0v) is 10.7. The Morgan fingerprint density at radius 1 is 1.06 bits per heavy atom. The minimum Gasteiger partial charge on any atom is -0.489 e. The van der Waals surface area contributed by atoms with Crippen molar-refractivity contribution in [3.63, 3.8) is 0 Å². The van der Waals surface area contributed by atoms with Gasteiger partial charge in [-0.05, 0) is 30.0 Å². The predicted molar refractivity (Wildman–Crippen MR) is 74.2 cm³/mol. The lowest BCUT2D eigenvalue weighted by molar-refractivity contribution is 0.210. The molecule has 0 aromatic heterocycles. The highest BCUT2D eigenvalue weighted by Gasteiger charge is 2.21. The van der Waals surface area contributed by atoms with E-state index >= 15 is 0 Å². The van der Waals surface area contributed by atoms with E-state index in [2.05, 4.69) is 55.5 Å². The van der Waals surface area contributed by atoms with Crippen LogP contribution in [0.25, 0.3) is 0 Å². The molecule has 18 heavy (non-hydrogen) atoms. The number of fused-ring (bicyclic) bond motifs is 1. The third-order valence-corrected chi connectivity index (χ3v) is 3.72. The molecule has 0 bridgehead atoms. The van der Waals surface area contributed by atoms with Crippen molar-refractivity contribution in [3.05, 3.63) is 71.0 Å². The van der Waals surface area contributed by atoms with Gasteiger partial charge < -0.3 is 4.74 Å². The Balaban J connectivity index is 2.10. The van der Waals surface area contributed by atoms with Crippen LogP contribution < -0.4 is 0 Å². The summed E-state index contributed by atoms with van der Waals surface area (Å²) in [6, 6.07) is 8.59. The van der Waals surface area contributed by atoms with Crippen molar-refractivity contribution in [2.75, 3.05) is 0 Å². The van der Waals surface area contributed by atoms with Gasteiger partial charge in [-0.3, -0.25) is 0 Å². The summed E-state index contributed by atoms with van der Waals surface area (Å²) in [5.41, 5.74) is 4.00. The zero-order valence-electron chi connectivity index (χ0n) is 10.7. The third kappa shape index (κ3) is 2.01. The van der Waals surface area contributed by atoms with Gasteiger partial charge in [-0.25, -0.2) is 0 Å². The Kier molecular flexibility index (Phi) is 3.06. The lowest BCUT2D eigenvalue weighted by Gasteiger charge is -2.15. The van der Waals surface area contributed by atoms with Crippen molar-refractivity contribution in [1.29, 1.82) is 0 Å². The molecule has 0 saturated carbocycles. The molecule has 1 heteroatoms. The molecule has 92 valence electrons. The second-order valence-corrected chi connectivity index (χ2v) is 4.91. The van der Waals surface area contributed by atoms with Crippen LogP contribution in [-0.2, 0) is 11.3 Å². The van der Waals surface area contributed by atoms with Gasteiger partial charge in [0, 0.05) is 11.5 Å². The molecule has 1 unspecified atom stereocenters. The SMILES string of the molecule is CC1C2=C(/C=C\CCC=C2)OCc2ccccc21.